The van der Waals surface area contributed by atoms with Gasteiger partial charge < -0.3 is 14.8 Å². The largest absolute Gasteiger partial charge is 0.492 e. The van der Waals surface area contributed by atoms with Crippen molar-refractivity contribution in [2.45, 2.75) is 12.5 Å². The molecule has 0 bridgehead atoms. The van der Waals surface area contributed by atoms with Crippen molar-refractivity contribution in [3.8, 4) is 11.8 Å². The highest BCUT2D eigenvalue weighted by molar-refractivity contribution is 6.06. The van der Waals surface area contributed by atoms with E-state index < -0.39 is 11.6 Å². The van der Waals surface area contributed by atoms with E-state index in [9.17, 15) is 9.59 Å². The van der Waals surface area contributed by atoms with Gasteiger partial charge in [-0.15, -0.1) is 0 Å². The molecule has 1 aromatic carbocycles. The standard InChI is InChI=1S/C15H17N3O4/c1-15(10-21-2)13(19)18(14(20)17-15)7-8-22-12-5-3-11(9-16)4-6-12/h3-6H,7-8,10H2,1-2H3,(H,17,20). The fourth-order valence-corrected chi connectivity index (χ4v) is 2.22. The maximum absolute atomic E-state index is 12.2. The van der Waals surface area contributed by atoms with Crippen molar-refractivity contribution < 1.29 is 19.1 Å². The van der Waals surface area contributed by atoms with Crippen molar-refractivity contribution in [1.29, 1.82) is 5.26 Å². The van der Waals surface area contributed by atoms with Gasteiger partial charge in [-0.3, -0.25) is 9.69 Å². The SMILES string of the molecule is COCC1(C)NC(=O)N(CCOc2ccc(C#N)cc2)C1=O. The Morgan fingerprint density at radius 2 is 2.00 bits per heavy atom. The third kappa shape index (κ3) is 3.18. The van der Waals surface area contributed by atoms with Gasteiger partial charge in [-0.05, 0) is 31.2 Å². The van der Waals surface area contributed by atoms with E-state index in [1.54, 1.807) is 31.2 Å². The van der Waals surface area contributed by atoms with Crippen LogP contribution in [-0.2, 0) is 9.53 Å². The number of methoxy groups -OCH3 is 1. The second kappa shape index (κ2) is 6.45. The second-order valence-electron chi connectivity index (χ2n) is 5.14. The zero-order chi connectivity index (χ0) is 16.2. The summed E-state index contributed by atoms with van der Waals surface area (Å²) in [7, 11) is 1.47. The van der Waals surface area contributed by atoms with Crippen LogP contribution in [-0.4, -0.2) is 49.2 Å². The van der Waals surface area contributed by atoms with E-state index in [-0.39, 0.29) is 25.7 Å². The number of hydrogen-bond donors (Lipinski definition) is 1. The number of rotatable bonds is 6. The quantitative estimate of drug-likeness (QED) is 0.788. The molecule has 1 saturated heterocycles. The summed E-state index contributed by atoms with van der Waals surface area (Å²) < 4.78 is 10.4. The Morgan fingerprint density at radius 3 is 2.59 bits per heavy atom. The Morgan fingerprint density at radius 1 is 1.32 bits per heavy atom. The number of hydrogen-bond acceptors (Lipinski definition) is 5. The average molecular weight is 303 g/mol. The van der Waals surface area contributed by atoms with Crippen LogP contribution in [0, 0.1) is 11.3 Å². The molecule has 0 saturated carbocycles. The third-order valence-corrected chi connectivity index (χ3v) is 3.35. The van der Waals surface area contributed by atoms with Crippen LogP contribution < -0.4 is 10.1 Å². The lowest BCUT2D eigenvalue weighted by Gasteiger charge is -2.20. The molecule has 7 nitrogen and oxygen atoms in total. The summed E-state index contributed by atoms with van der Waals surface area (Å²) in [5.74, 6) is 0.244. The molecule has 116 valence electrons. The van der Waals surface area contributed by atoms with Crippen molar-refractivity contribution in [3.05, 3.63) is 29.8 Å². The molecule has 0 aliphatic carbocycles. The van der Waals surface area contributed by atoms with Crippen LogP contribution in [0.5, 0.6) is 5.75 Å². The smallest absolute Gasteiger partial charge is 0.325 e. The third-order valence-electron chi connectivity index (χ3n) is 3.35. The number of carbonyl (C=O) groups excluding carboxylic acids is 2. The number of benzene rings is 1. The number of ether oxygens (including phenoxy) is 2. The van der Waals surface area contributed by atoms with Gasteiger partial charge in [0.05, 0.1) is 24.8 Å². The Bertz CT molecular complexity index is 608. The molecular formula is C15H17N3O4. The van der Waals surface area contributed by atoms with Gasteiger partial charge in [0, 0.05) is 7.11 Å². The number of nitrogens with zero attached hydrogens (tertiary/aromatic N) is 2. The molecule has 0 spiro atoms. The highest BCUT2D eigenvalue weighted by Crippen LogP contribution is 2.18. The van der Waals surface area contributed by atoms with Crippen molar-refractivity contribution >= 4 is 11.9 Å². The lowest BCUT2D eigenvalue weighted by atomic mass is 10.0. The van der Waals surface area contributed by atoms with Gasteiger partial charge in [0.2, 0.25) is 0 Å². The summed E-state index contributed by atoms with van der Waals surface area (Å²) in [5, 5.41) is 11.3. The van der Waals surface area contributed by atoms with Crippen LogP contribution in [0.15, 0.2) is 24.3 Å². The van der Waals surface area contributed by atoms with Gasteiger partial charge in [-0.2, -0.15) is 5.26 Å². The molecule has 1 heterocycles. The molecule has 1 fully saturated rings. The highest BCUT2D eigenvalue weighted by atomic mass is 16.5. The molecular weight excluding hydrogens is 286 g/mol. The number of amides is 3. The maximum atomic E-state index is 12.2. The molecule has 1 aliphatic rings. The fraction of sp³-hybridized carbons (Fsp3) is 0.400. The molecule has 22 heavy (non-hydrogen) atoms. The van der Waals surface area contributed by atoms with E-state index in [0.29, 0.717) is 11.3 Å². The Balaban J connectivity index is 1.90. The Labute approximate surface area is 128 Å². The van der Waals surface area contributed by atoms with E-state index in [1.165, 1.54) is 7.11 Å². The van der Waals surface area contributed by atoms with E-state index in [2.05, 4.69) is 5.32 Å². The molecule has 1 N–H and O–H groups in total. The predicted molar refractivity (Wildman–Crippen MR) is 77.2 cm³/mol. The minimum Gasteiger partial charge on any atom is -0.492 e. The van der Waals surface area contributed by atoms with Crippen molar-refractivity contribution in [2.24, 2.45) is 0 Å². The number of carbonyl (C=O) groups is 2. The van der Waals surface area contributed by atoms with Gasteiger partial charge in [0.25, 0.3) is 5.91 Å². The van der Waals surface area contributed by atoms with Crippen LogP contribution in [0.3, 0.4) is 0 Å². The predicted octanol–water partition coefficient (Wildman–Crippen LogP) is 0.894. The zero-order valence-corrected chi connectivity index (χ0v) is 12.5. The molecule has 3 amide bonds. The first-order valence-electron chi connectivity index (χ1n) is 6.76. The first kappa shape index (κ1) is 15.8. The zero-order valence-electron chi connectivity index (χ0n) is 12.5. The monoisotopic (exact) mass is 303 g/mol. The molecule has 1 atom stereocenters. The van der Waals surface area contributed by atoms with Crippen LogP contribution in [0.4, 0.5) is 4.79 Å². The molecule has 1 aromatic rings. The van der Waals surface area contributed by atoms with Crippen LogP contribution in [0.1, 0.15) is 12.5 Å². The summed E-state index contributed by atoms with van der Waals surface area (Å²) in [6, 6.07) is 8.17. The van der Waals surface area contributed by atoms with Gasteiger partial charge in [-0.25, -0.2) is 4.79 Å². The Kier molecular flexibility index (Phi) is 4.63. The minimum absolute atomic E-state index is 0.116. The van der Waals surface area contributed by atoms with Gasteiger partial charge in [0.1, 0.15) is 17.9 Å². The number of nitrogens with one attached hydrogen (secondary N) is 1. The van der Waals surface area contributed by atoms with Crippen LogP contribution in [0.2, 0.25) is 0 Å². The second-order valence-corrected chi connectivity index (χ2v) is 5.14. The van der Waals surface area contributed by atoms with E-state index in [4.69, 9.17) is 14.7 Å². The van der Waals surface area contributed by atoms with E-state index in [1.807, 2.05) is 6.07 Å². The molecule has 7 heteroatoms. The van der Waals surface area contributed by atoms with Crippen molar-refractivity contribution in [3.63, 3.8) is 0 Å². The van der Waals surface area contributed by atoms with Crippen molar-refractivity contribution in [1.82, 2.24) is 10.2 Å². The lowest BCUT2D eigenvalue weighted by Crippen LogP contribution is -2.48. The summed E-state index contributed by atoms with van der Waals surface area (Å²) in [5.41, 5.74) is -0.489. The molecule has 0 aromatic heterocycles. The van der Waals surface area contributed by atoms with Crippen LogP contribution >= 0.6 is 0 Å². The maximum Gasteiger partial charge on any atom is 0.325 e. The van der Waals surface area contributed by atoms with Gasteiger partial charge >= 0.3 is 6.03 Å². The Hall–Kier alpha value is -2.59. The highest BCUT2D eigenvalue weighted by Gasteiger charge is 2.47. The summed E-state index contributed by atoms with van der Waals surface area (Å²) >= 11 is 0. The number of nitriles is 1. The average Bonchev–Trinajstić information content (AvgIpc) is 2.71. The summed E-state index contributed by atoms with van der Waals surface area (Å²) in [6.07, 6.45) is 0. The number of imide groups is 1. The normalized spacial score (nSPS) is 20.7. The lowest BCUT2D eigenvalue weighted by molar-refractivity contribution is -0.132. The first-order valence-corrected chi connectivity index (χ1v) is 6.76. The van der Waals surface area contributed by atoms with E-state index >= 15 is 0 Å². The molecule has 1 aliphatic heterocycles. The number of urea groups is 1. The minimum atomic E-state index is -1.03. The van der Waals surface area contributed by atoms with Gasteiger partial charge in [0.15, 0.2) is 0 Å². The van der Waals surface area contributed by atoms with Crippen molar-refractivity contribution in [2.75, 3.05) is 26.9 Å². The van der Waals surface area contributed by atoms with Gasteiger partial charge in [-0.1, -0.05) is 0 Å². The molecule has 0 radical (unpaired) electrons. The molecule has 1 unspecified atom stereocenters. The fourth-order valence-electron chi connectivity index (χ4n) is 2.22. The summed E-state index contributed by atoms with van der Waals surface area (Å²) in [4.78, 5) is 25.2. The molecule has 2 rings (SSSR count). The topological polar surface area (TPSA) is 91.7 Å². The van der Waals surface area contributed by atoms with Crippen LogP contribution in [0.25, 0.3) is 0 Å². The first-order chi connectivity index (χ1) is 10.5. The summed E-state index contributed by atoms with van der Waals surface area (Å²) in [6.45, 7) is 2.06. The van der Waals surface area contributed by atoms with E-state index in [0.717, 1.165) is 4.90 Å².